The van der Waals surface area contributed by atoms with E-state index in [4.69, 9.17) is 0 Å². The summed E-state index contributed by atoms with van der Waals surface area (Å²) in [6, 6.07) is 6.46. The molecule has 0 N–H and O–H groups in total. The van der Waals surface area contributed by atoms with E-state index in [0.29, 0.717) is 11.8 Å². The van der Waals surface area contributed by atoms with Crippen LogP contribution < -0.4 is 0 Å². The van der Waals surface area contributed by atoms with Crippen molar-refractivity contribution in [2.45, 2.75) is 91.1 Å². The van der Waals surface area contributed by atoms with E-state index in [1.807, 2.05) is 18.6 Å². The molecule has 32 heavy (non-hydrogen) atoms. The molecule has 4 heterocycles. The van der Waals surface area contributed by atoms with E-state index in [9.17, 15) is 0 Å². The average Bonchev–Trinajstić information content (AvgIpc) is 2.81. The third-order valence-corrected chi connectivity index (χ3v) is 6.72. The van der Waals surface area contributed by atoms with Crippen LogP contribution in [-0.4, -0.2) is 45.9 Å². The molecule has 0 bridgehead atoms. The highest BCUT2D eigenvalue weighted by atomic mass is 15.1. The Bertz CT molecular complexity index is 722. The van der Waals surface area contributed by atoms with Crippen LogP contribution in [0.2, 0.25) is 0 Å². The van der Waals surface area contributed by atoms with Gasteiger partial charge in [0.25, 0.3) is 0 Å². The summed E-state index contributed by atoms with van der Waals surface area (Å²) in [7, 11) is 0. The SMILES string of the molecule is CC(C)c1ccncc1CN1CCCCC1.CC(C)c1ncccc1CN1CCCCC1. The second-order valence-electron chi connectivity index (χ2n) is 10.1. The number of hydrogen-bond donors (Lipinski definition) is 0. The first-order valence-corrected chi connectivity index (χ1v) is 12.9. The highest BCUT2D eigenvalue weighted by molar-refractivity contribution is 5.26. The summed E-state index contributed by atoms with van der Waals surface area (Å²) in [5.41, 5.74) is 5.56. The molecule has 0 aromatic carbocycles. The van der Waals surface area contributed by atoms with Gasteiger partial charge >= 0.3 is 0 Å². The van der Waals surface area contributed by atoms with Crippen molar-refractivity contribution in [3.05, 3.63) is 59.2 Å². The van der Waals surface area contributed by atoms with Crippen LogP contribution in [0.15, 0.2) is 36.8 Å². The lowest BCUT2D eigenvalue weighted by Gasteiger charge is -2.27. The van der Waals surface area contributed by atoms with Gasteiger partial charge in [0.2, 0.25) is 0 Å². The Morgan fingerprint density at radius 2 is 1.31 bits per heavy atom. The predicted octanol–water partition coefficient (Wildman–Crippen LogP) is 6.38. The monoisotopic (exact) mass is 436 g/mol. The standard InChI is InChI=1S/2C14H22N2/c1-12(2)14-13(7-6-8-15-14)11-16-9-4-3-5-10-16;1-12(2)14-6-7-15-10-13(14)11-16-8-4-3-5-9-16/h6-8,12H,3-5,9-11H2,1-2H3;6-7,10,12H,3-5,8-9,11H2,1-2H3. The summed E-state index contributed by atoms with van der Waals surface area (Å²) in [4.78, 5) is 13.9. The minimum Gasteiger partial charge on any atom is -0.299 e. The maximum atomic E-state index is 4.52. The van der Waals surface area contributed by atoms with E-state index >= 15 is 0 Å². The average molecular weight is 437 g/mol. The van der Waals surface area contributed by atoms with Crippen LogP contribution in [0.5, 0.6) is 0 Å². The van der Waals surface area contributed by atoms with E-state index in [0.717, 1.165) is 13.1 Å². The van der Waals surface area contributed by atoms with E-state index in [2.05, 4.69) is 65.7 Å². The molecule has 176 valence electrons. The van der Waals surface area contributed by atoms with Gasteiger partial charge in [-0.25, -0.2) is 0 Å². The molecule has 2 aromatic heterocycles. The van der Waals surface area contributed by atoms with Crippen LogP contribution >= 0.6 is 0 Å². The molecule has 4 rings (SSSR count). The van der Waals surface area contributed by atoms with Gasteiger partial charge in [0, 0.05) is 37.4 Å². The second kappa shape index (κ2) is 13.1. The summed E-state index contributed by atoms with van der Waals surface area (Å²) in [5.74, 6) is 1.13. The van der Waals surface area contributed by atoms with Crippen molar-refractivity contribution in [2.24, 2.45) is 0 Å². The number of likely N-dealkylation sites (tertiary alicyclic amines) is 2. The molecule has 2 aromatic rings. The Morgan fingerprint density at radius 3 is 1.88 bits per heavy atom. The van der Waals surface area contributed by atoms with E-state index in [-0.39, 0.29) is 0 Å². The van der Waals surface area contributed by atoms with Crippen molar-refractivity contribution in [2.75, 3.05) is 26.2 Å². The molecule has 0 unspecified atom stereocenters. The lowest BCUT2D eigenvalue weighted by molar-refractivity contribution is 0.220. The van der Waals surface area contributed by atoms with Crippen molar-refractivity contribution in [3.8, 4) is 0 Å². The molecule has 0 radical (unpaired) electrons. The highest BCUT2D eigenvalue weighted by Gasteiger charge is 2.15. The maximum absolute atomic E-state index is 4.52. The number of piperidine rings is 2. The van der Waals surface area contributed by atoms with Gasteiger partial charge in [0.1, 0.15) is 0 Å². The maximum Gasteiger partial charge on any atom is 0.0473 e. The fourth-order valence-corrected chi connectivity index (χ4v) is 4.95. The first kappa shape index (κ1) is 24.9. The lowest BCUT2D eigenvalue weighted by atomic mass is 9.98. The van der Waals surface area contributed by atoms with Crippen LogP contribution in [0.4, 0.5) is 0 Å². The van der Waals surface area contributed by atoms with Gasteiger partial charge in [-0.1, -0.05) is 46.6 Å². The van der Waals surface area contributed by atoms with Gasteiger partial charge in [0.05, 0.1) is 0 Å². The molecular weight excluding hydrogens is 392 g/mol. The smallest absolute Gasteiger partial charge is 0.0473 e. The van der Waals surface area contributed by atoms with Crippen molar-refractivity contribution in [1.29, 1.82) is 0 Å². The third-order valence-electron chi connectivity index (χ3n) is 6.72. The molecule has 4 nitrogen and oxygen atoms in total. The van der Waals surface area contributed by atoms with Gasteiger partial charge in [0.15, 0.2) is 0 Å². The van der Waals surface area contributed by atoms with Crippen LogP contribution in [0.3, 0.4) is 0 Å². The minimum absolute atomic E-state index is 0.529. The number of hydrogen-bond acceptors (Lipinski definition) is 4. The third kappa shape index (κ3) is 7.67. The molecular formula is C28H44N4. The van der Waals surface area contributed by atoms with Crippen molar-refractivity contribution < 1.29 is 0 Å². The summed E-state index contributed by atoms with van der Waals surface area (Å²) in [6.45, 7) is 16.2. The van der Waals surface area contributed by atoms with Crippen molar-refractivity contribution in [1.82, 2.24) is 19.8 Å². The molecule has 2 fully saturated rings. The molecule has 0 atom stereocenters. The zero-order chi connectivity index (χ0) is 22.8. The summed E-state index contributed by atoms with van der Waals surface area (Å²) < 4.78 is 0. The lowest BCUT2D eigenvalue weighted by Crippen LogP contribution is -2.29. The van der Waals surface area contributed by atoms with Gasteiger partial charge in [-0.15, -0.1) is 0 Å². The Labute approximate surface area is 196 Å². The molecule has 0 saturated carbocycles. The Kier molecular flexibility index (Phi) is 10.1. The molecule has 0 aliphatic carbocycles. The summed E-state index contributed by atoms with van der Waals surface area (Å²) >= 11 is 0. The number of aromatic nitrogens is 2. The molecule has 0 spiro atoms. The summed E-state index contributed by atoms with van der Waals surface area (Å²) in [5, 5.41) is 0. The van der Waals surface area contributed by atoms with Gasteiger partial charge in [-0.3, -0.25) is 19.8 Å². The Morgan fingerprint density at radius 1 is 0.719 bits per heavy atom. The number of nitrogens with zero attached hydrogens (tertiary/aromatic N) is 4. The number of pyridine rings is 2. The van der Waals surface area contributed by atoms with Crippen LogP contribution in [0, 0.1) is 0 Å². The minimum atomic E-state index is 0.529. The molecule has 2 saturated heterocycles. The van der Waals surface area contributed by atoms with Crippen molar-refractivity contribution >= 4 is 0 Å². The van der Waals surface area contributed by atoms with Crippen LogP contribution in [-0.2, 0) is 13.1 Å². The van der Waals surface area contributed by atoms with Gasteiger partial charge < -0.3 is 0 Å². The van der Waals surface area contributed by atoms with E-state index < -0.39 is 0 Å². The zero-order valence-electron chi connectivity index (χ0n) is 20.9. The Balaban J connectivity index is 0.000000181. The first-order chi connectivity index (χ1) is 15.5. The molecule has 0 amide bonds. The predicted molar refractivity (Wildman–Crippen MR) is 135 cm³/mol. The van der Waals surface area contributed by atoms with E-state index in [1.165, 1.54) is 87.1 Å². The fourth-order valence-electron chi connectivity index (χ4n) is 4.95. The first-order valence-electron chi connectivity index (χ1n) is 12.9. The van der Waals surface area contributed by atoms with Gasteiger partial charge in [-0.05, 0) is 92.5 Å². The van der Waals surface area contributed by atoms with Crippen molar-refractivity contribution in [3.63, 3.8) is 0 Å². The molecule has 4 heteroatoms. The highest BCUT2D eigenvalue weighted by Crippen LogP contribution is 2.22. The van der Waals surface area contributed by atoms with Crippen LogP contribution in [0.1, 0.15) is 100 Å². The van der Waals surface area contributed by atoms with Crippen LogP contribution in [0.25, 0.3) is 0 Å². The summed E-state index contributed by atoms with van der Waals surface area (Å²) in [6.07, 6.45) is 14.1. The fraction of sp³-hybridized carbons (Fsp3) is 0.643. The Hall–Kier alpha value is -1.78. The van der Waals surface area contributed by atoms with Gasteiger partial charge in [-0.2, -0.15) is 0 Å². The second-order valence-corrected chi connectivity index (χ2v) is 10.1. The zero-order valence-corrected chi connectivity index (χ0v) is 20.9. The quantitative estimate of drug-likeness (QED) is 0.526. The normalized spacial score (nSPS) is 17.9. The molecule has 2 aliphatic heterocycles. The largest absolute Gasteiger partial charge is 0.299 e. The molecule has 2 aliphatic rings. The topological polar surface area (TPSA) is 32.3 Å². The number of rotatable bonds is 6. The van der Waals surface area contributed by atoms with E-state index in [1.54, 1.807) is 0 Å².